The van der Waals surface area contributed by atoms with Crippen LogP contribution in [-0.4, -0.2) is 31.7 Å². The van der Waals surface area contributed by atoms with Gasteiger partial charge in [0.15, 0.2) is 0 Å². The summed E-state index contributed by atoms with van der Waals surface area (Å²) in [5.74, 6) is 0.764. The summed E-state index contributed by atoms with van der Waals surface area (Å²) >= 11 is 0. The average Bonchev–Trinajstić information content (AvgIpc) is 2.10. The third-order valence-corrected chi connectivity index (χ3v) is 2.95. The van der Waals surface area contributed by atoms with Crippen molar-refractivity contribution in [1.29, 1.82) is 0 Å². The quantitative estimate of drug-likeness (QED) is 0.527. The first-order chi connectivity index (χ1) is 9.19. The number of rotatable bonds is 4. The molecule has 0 fully saturated rings. The van der Waals surface area contributed by atoms with Gasteiger partial charge in [-0.05, 0) is 5.04 Å². The topological polar surface area (TPSA) is 74.6 Å². The Morgan fingerprint density at radius 2 is 1.17 bits per heavy atom. The number of carbonyl (C=O) groups is 2. The predicted octanol–water partition coefficient (Wildman–Crippen LogP) is 4.49. The van der Waals surface area contributed by atoms with E-state index in [2.05, 4.69) is 41.5 Å². The molecule has 0 aliphatic rings. The van der Waals surface area contributed by atoms with Crippen molar-refractivity contribution in [3.05, 3.63) is 11.8 Å². The second kappa shape index (κ2) is 18.9. The van der Waals surface area contributed by atoms with Gasteiger partial charge in [0.25, 0.3) is 0 Å². The number of carboxylic acids is 2. The molecule has 0 aliphatic carbocycles. The summed E-state index contributed by atoms with van der Waals surface area (Å²) in [5, 5.41) is 17.1. The fourth-order valence-corrected chi connectivity index (χ4v) is 2.34. The average molecular weight is 412 g/mol. The summed E-state index contributed by atoms with van der Waals surface area (Å²) in [5.41, 5.74) is -0.752. The monoisotopic (exact) mass is 412 g/mol. The van der Waals surface area contributed by atoms with E-state index in [4.69, 9.17) is 10.2 Å². The number of aliphatic carboxylic acids is 2. The van der Waals surface area contributed by atoms with Crippen LogP contribution in [0.15, 0.2) is 0 Å². The SMILES string of the molecule is CC(C)(C)[Si]C(CC(=O)O)C(=O)O.C[C-](C)C.C[C-](C)C.[Ti].[Ti]. The summed E-state index contributed by atoms with van der Waals surface area (Å²) in [7, 11) is 0.125. The molecule has 134 valence electrons. The van der Waals surface area contributed by atoms with E-state index >= 15 is 0 Å². The zero-order chi connectivity index (χ0) is 17.8. The maximum atomic E-state index is 10.7. The standard InChI is InChI=1S/C8H14O4Si.2C4H9.2Ti/c1-8(2,3)13-5(7(11)12)4-6(9)10;2*1-4(2)3;;/h5H,4H2,1-3H3,(H,9,10)(H,11,12);2*1-3H3;;/q;2*-1;;. The number of hydrogen-bond acceptors (Lipinski definition) is 2. The molecule has 0 aromatic heterocycles. The minimum absolute atomic E-state index is 0. The minimum Gasteiger partial charge on any atom is -0.481 e. The Labute approximate surface area is 175 Å². The first-order valence-electron chi connectivity index (χ1n) is 6.94. The van der Waals surface area contributed by atoms with Crippen LogP contribution in [-0.2, 0) is 53.0 Å². The van der Waals surface area contributed by atoms with Gasteiger partial charge in [-0.25, -0.2) is 0 Å². The number of hydrogen-bond donors (Lipinski definition) is 2. The molecule has 4 nitrogen and oxygen atoms in total. The molecule has 23 heavy (non-hydrogen) atoms. The van der Waals surface area contributed by atoms with E-state index in [1.165, 1.54) is 11.8 Å². The van der Waals surface area contributed by atoms with Crippen LogP contribution in [0.2, 0.25) is 10.6 Å². The van der Waals surface area contributed by atoms with Gasteiger partial charge < -0.3 is 22.0 Å². The molecule has 0 spiro atoms. The fourth-order valence-electron chi connectivity index (χ4n) is 0.897. The Kier molecular flexibility index (Phi) is 28.6. The Hall–Kier alpha value is 0.585. The van der Waals surface area contributed by atoms with Gasteiger partial charge in [-0.15, -0.1) is 0 Å². The second-order valence-electron chi connectivity index (χ2n) is 6.88. The molecule has 0 aromatic carbocycles. The van der Waals surface area contributed by atoms with Crippen molar-refractivity contribution in [1.82, 2.24) is 0 Å². The summed E-state index contributed by atoms with van der Waals surface area (Å²) in [6.07, 6.45) is -0.287. The van der Waals surface area contributed by atoms with Crippen molar-refractivity contribution in [3.8, 4) is 0 Å². The number of carboxylic acid groups (broad SMARTS) is 2. The van der Waals surface area contributed by atoms with Crippen LogP contribution >= 0.6 is 0 Å². The molecule has 1 atom stereocenters. The maximum absolute atomic E-state index is 10.7. The third-order valence-electron chi connectivity index (χ3n) is 1.28. The van der Waals surface area contributed by atoms with Crippen LogP contribution in [0.4, 0.5) is 0 Å². The Balaban J connectivity index is -0.0000000909. The van der Waals surface area contributed by atoms with Gasteiger partial charge in [-0.2, -0.15) is 41.5 Å². The summed E-state index contributed by atoms with van der Waals surface area (Å²) in [6, 6.07) is 0. The molecule has 0 aromatic rings. The van der Waals surface area contributed by atoms with E-state index < -0.39 is 17.5 Å². The Morgan fingerprint density at radius 3 is 1.30 bits per heavy atom. The third kappa shape index (κ3) is 51.9. The molecule has 0 amide bonds. The van der Waals surface area contributed by atoms with Crippen LogP contribution < -0.4 is 0 Å². The first-order valence-corrected chi connectivity index (χ1v) is 8.02. The van der Waals surface area contributed by atoms with Crippen molar-refractivity contribution in [2.75, 3.05) is 0 Å². The van der Waals surface area contributed by atoms with E-state index in [-0.39, 0.29) is 64.4 Å². The predicted molar refractivity (Wildman–Crippen MR) is 89.6 cm³/mol. The van der Waals surface area contributed by atoms with Gasteiger partial charge in [0.1, 0.15) is 0 Å². The molecule has 0 bridgehead atoms. The maximum Gasteiger partial charge on any atom is 0.303 e. The zero-order valence-corrected chi connectivity index (χ0v) is 20.1. The van der Waals surface area contributed by atoms with Gasteiger partial charge in [0, 0.05) is 43.4 Å². The van der Waals surface area contributed by atoms with Crippen LogP contribution in [0, 0.1) is 11.8 Å². The zero-order valence-electron chi connectivity index (χ0n) is 16.0. The van der Waals surface area contributed by atoms with E-state index in [0.717, 1.165) is 0 Å². The molecule has 1 unspecified atom stereocenters. The normalized spacial score (nSPS) is 10.9. The van der Waals surface area contributed by atoms with Crippen LogP contribution in [0.3, 0.4) is 0 Å². The van der Waals surface area contributed by atoms with E-state index in [0.29, 0.717) is 0 Å². The van der Waals surface area contributed by atoms with Crippen molar-refractivity contribution in [2.45, 2.75) is 79.3 Å². The molecule has 7 heteroatoms. The van der Waals surface area contributed by atoms with Crippen LogP contribution in [0.5, 0.6) is 0 Å². The summed E-state index contributed by atoms with van der Waals surface area (Å²) in [6.45, 7) is 18.2. The molecule has 2 radical (unpaired) electrons. The van der Waals surface area contributed by atoms with E-state index in [1.807, 2.05) is 20.8 Å². The summed E-state index contributed by atoms with van der Waals surface area (Å²) in [4.78, 5) is 21.0. The van der Waals surface area contributed by atoms with Crippen LogP contribution in [0.25, 0.3) is 0 Å². The van der Waals surface area contributed by atoms with Crippen LogP contribution in [0.1, 0.15) is 68.7 Å². The van der Waals surface area contributed by atoms with Crippen molar-refractivity contribution >= 4 is 21.5 Å². The van der Waals surface area contributed by atoms with Crippen molar-refractivity contribution in [3.63, 3.8) is 0 Å². The molecule has 0 rings (SSSR count). The van der Waals surface area contributed by atoms with Crippen molar-refractivity contribution in [2.24, 2.45) is 0 Å². The largest absolute Gasteiger partial charge is 0.481 e. The molecular formula is C16H32O4SiTi2-2. The second-order valence-corrected chi connectivity index (χ2v) is 9.37. The molecule has 2 N–H and O–H groups in total. The summed E-state index contributed by atoms with van der Waals surface area (Å²) < 4.78 is 0. The smallest absolute Gasteiger partial charge is 0.303 e. The molecule has 0 saturated carbocycles. The molecular weight excluding hydrogens is 380 g/mol. The fraction of sp³-hybridized carbons (Fsp3) is 0.750. The Morgan fingerprint density at radius 1 is 0.913 bits per heavy atom. The minimum atomic E-state index is -1.05. The molecule has 0 aliphatic heterocycles. The van der Waals surface area contributed by atoms with Gasteiger partial charge >= 0.3 is 11.9 Å². The first kappa shape index (κ1) is 34.8. The van der Waals surface area contributed by atoms with Gasteiger partial charge in [0.05, 0.1) is 21.5 Å². The molecule has 0 heterocycles. The van der Waals surface area contributed by atoms with Gasteiger partial charge in [0.2, 0.25) is 0 Å². The molecule has 0 saturated heterocycles. The van der Waals surface area contributed by atoms with Crippen molar-refractivity contribution < 1.29 is 63.2 Å². The van der Waals surface area contributed by atoms with Gasteiger partial charge in [-0.3, -0.25) is 9.59 Å². The Bertz CT molecular complexity index is 279. The van der Waals surface area contributed by atoms with E-state index in [9.17, 15) is 9.59 Å². The van der Waals surface area contributed by atoms with E-state index in [1.54, 1.807) is 0 Å². The van der Waals surface area contributed by atoms with Gasteiger partial charge in [-0.1, -0.05) is 20.8 Å².